The molecule has 2 N–H and O–H groups in total. The molecule has 0 aliphatic carbocycles. The molecule has 9 nitrogen and oxygen atoms in total. The molecule has 11 heteroatoms. The molecule has 0 heterocycles. The van der Waals surface area contributed by atoms with Crippen LogP contribution in [0.3, 0.4) is 0 Å². The number of urea groups is 1. The van der Waals surface area contributed by atoms with E-state index in [-0.39, 0.29) is 4.90 Å². The van der Waals surface area contributed by atoms with E-state index in [0.29, 0.717) is 11.6 Å². The van der Waals surface area contributed by atoms with Crippen molar-refractivity contribution >= 4 is 39.5 Å². The average molecular weight is 420 g/mol. The maximum atomic E-state index is 12.3. The van der Waals surface area contributed by atoms with Crippen molar-refractivity contribution in [2.24, 2.45) is 0 Å². The third-order valence-corrected chi connectivity index (χ3v) is 5.38. The molecule has 3 amide bonds. The number of nitrogens with one attached hydrogen (secondary N) is 2. The zero-order chi connectivity index (χ0) is 20.4. The van der Waals surface area contributed by atoms with Gasteiger partial charge in [0.05, 0.1) is 4.90 Å². The van der Waals surface area contributed by atoms with Gasteiger partial charge in [-0.1, -0.05) is 24.9 Å². The van der Waals surface area contributed by atoms with E-state index in [1.54, 1.807) is 0 Å². The molecule has 0 unspecified atom stereocenters. The molecular weight excluding hydrogens is 398 g/mol. The summed E-state index contributed by atoms with van der Waals surface area (Å²) in [5.41, 5.74) is 0. The maximum absolute atomic E-state index is 12.3. The number of halogens is 1. The monoisotopic (exact) mass is 419 g/mol. The van der Waals surface area contributed by atoms with Crippen LogP contribution in [0.5, 0.6) is 0 Å². The lowest BCUT2D eigenvalue weighted by molar-refractivity contribution is -0.148. The number of carbonyl (C=O) groups is 3. The van der Waals surface area contributed by atoms with Crippen LogP contribution < -0.4 is 10.6 Å². The Kier molecular flexibility index (Phi) is 9.19. The van der Waals surface area contributed by atoms with Gasteiger partial charge >= 0.3 is 12.0 Å². The van der Waals surface area contributed by atoms with Gasteiger partial charge in [0.15, 0.2) is 6.61 Å². The van der Waals surface area contributed by atoms with Crippen LogP contribution in [0.1, 0.15) is 19.8 Å². The Morgan fingerprint density at radius 2 is 1.81 bits per heavy atom. The van der Waals surface area contributed by atoms with E-state index in [9.17, 15) is 22.8 Å². The molecule has 0 radical (unpaired) electrons. The van der Waals surface area contributed by atoms with Crippen LogP contribution in [0.15, 0.2) is 29.2 Å². The fourth-order valence-corrected chi connectivity index (χ4v) is 3.07. The summed E-state index contributed by atoms with van der Waals surface area (Å²) in [6.45, 7) is 1.08. The topological polar surface area (TPSA) is 122 Å². The van der Waals surface area contributed by atoms with Gasteiger partial charge in [-0.2, -0.15) is 4.31 Å². The number of rotatable bonds is 9. The first kappa shape index (κ1) is 22.9. The number of benzene rings is 1. The highest BCUT2D eigenvalue weighted by atomic mass is 35.5. The van der Waals surface area contributed by atoms with Crippen LogP contribution >= 0.6 is 11.6 Å². The van der Waals surface area contributed by atoms with E-state index in [1.165, 1.54) is 31.3 Å². The molecule has 150 valence electrons. The van der Waals surface area contributed by atoms with Crippen molar-refractivity contribution in [2.75, 3.05) is 26.7 Å². The number of nitrogens with zero attached hydrogens (tertiary/aromatic N) is 1. The van der Waals surface area contributed by atoms with Gasteiger partial charge in [-0.05, 0) is 30.7 Å². The number of ether oxygens (including phenoxy) is 1. The molecule has 0 aliphatic rings. The van der Waals surface area contributed by atoms with Gasteiger partial charge in [-0.25, -0.2) is 13.2 Å². The van der Waals surface area contributed by atoms with Crippen molar-refractivity contribution in [3.8, 4) is 0 Å². The van der Waals surface area contributed by atoms with Crippen LogP contribution in [-0.4, -0.2) is 57.4 Å². The standard InChI is InChI=1S/C16H22ClN3O6S/c1-3-4-9-18-16(23)19-14(21)11-26-15(22)10-20(2)27(24,25)13-7-5-12(17)6-8-13/h5-8H,3-4,9-11H2,1-2H3,(H2,18,19,21,23). The van der Waals surface area contributed by atoms with Crippen molar-refractivity contribution in [3.05, 3.63) is 29.3 Å². The summed E-state index contributed by atoms with van der Waals surface area (Å²) in [6.07, 6.45) is 1.66. The lowest BCUT2D eigenvalue weighted by Gasteiger charge is -2.16. The Morgan fingerprint density at radius 3 is 2.41 bits per heavy atom. The Hall–Kier alpha value is -2.17. The van der Waals surface area contributed by atoms with Gasteiger partial charge in [-0.3, -0.25) is 14.9 Å². The summed E-state index contributed by atoms with van der Waals surface area (Å²) >= 11 is 5.72. The van der Waals surface area contributed by atoms with Gasteiger partial charge in [0.25, 0.3) is 5.91 Å². The number of carbonyl (C=O) groups excluding carboxylic acids is 3. The Balaban J connectivity index is 2.46. The smallest absolute Gasteiger partial charge is 0.321 e. The van der Waals surface area contributed by atoms with Crippen molar-refractivity contribution in [1.82, 2.24) is 14.9 Å². The van der Waals surface area contributed by atoms with Crippen molar-refractivity contribution < 1.29 is 27.5 Å². The van der Waals surface area contributed by atoms with Crippen LogP contribution in [0.4, 0.5) is 4.79 Å². The molecule has 0 fully saturated rings. The molecule has 0 atom stereocenters. The quantitative estimate of drug-likeness (QED) is 0.457. The van der Waals surface area contributed by atoms with Gasteiger partial charge < -0.3 is 10.1 Å². The number of hydrogen-bond donors (Lipinski definition) is 2. The third-order valence-electron chi connectivity index (χ3n) is 3.31. The summed E-state index contributed by atoms with van der Waals surface area (Å²) in [6, 6.07) is 4.76. The van der Waals surface area contributed by atoms with E-state index in [4.69, 9.17) is 16.3 Å². The Labute approximate surface area is 163 Å². The Morgan fingerprint density at radius 1 is 1.19 bits per heavy atom. The largest absolute Gasteiger partial charge is 0.455 e. The minimum atomic E-state index is -3.91. The van der Waals surface area contributed by atoms with Gasteiger partial charge in [0, 0.05) is 18.6 Å². The van der Waals surface area contributed by atoms with E-state index in [2.05, 4.69) is 5.32 Å². The zero-order valence-electron chi connectivity index (χ0n) is 15.0. The number of sulfonamides is 1. The number of unbranched alkanes of at least 4 members (excludes halogenated alkanes) is 1. The second-order valence-corrected chi connectivity index (χ2v) is 8.01. The molecule has 1 aromatic rings. The molecule has 0 saturated heterocycles. The number of esters is 1. The number of hydrogen-bond acceptors (Lipinski definition) is 6. The fraction of sp³-hybridized carbons (Fsp3) is 0.438. The fourth-order valence-electron chi connectivity index (χ4n) is 1.83. The minimum Gasteiger partial charge on any atom is -0.455 e. The molecule has 1 rings (SSSR count). The first-order chi connectivity index (χ1) is 12.7. The second-order valence-electron chi connectivity index (χ2n) is 5.53. The summed E-state index contributed by atoms with van der Waals surface area (Å²) in [5, 5.41) is 4.84. The van der Waals surface area contributed by atoms with Crippen molar-refractivity contribution in [1.29, 1.82) is 0 Å². The molecule has 0 bridgehead atoms. The predicted octanol–water partition coefficient (Wildman–Crippen LogP) is 1.13. The summed E-state index contributed by atoms with van der Waals surface area (Å²) in [4.78, 5) is 34.6. The van der Waals surface area contributed by atoms with Crippen LogP contribution in [-0.2, 0) is 24.3 Å². The lowest BCUT2D eigenvalue weighted by atomic mass is 10.3. The summed E-state index contributed by atoms with van der Waals surface area (Å²) < 4.78 is 30.1. The van der Waals surface area contributed by atoms with Crippen molar-refractivity contribution in [2.45, 2.75) is 24.7 Å². The zero-order valence-corrected chi connectivity index (χ0v) is 16.6. The molecule has 0 saturated carbocycles. The van der Waals surface area contributed by atoms with Gasteiger partial charge in [0.2, 0.25) is 10.0 Å². The average Bonchev–Trinajstić information content (AvgIpc) is 2.60. The van der Waals surface area contributed by atoms with Gasteiger partial charge in [-0.15, -0.1) is 0 Å². The summed E-state index contributed by atoms with van der Waals surface area (Å²) in [5.74, 6) is -1.75. The van der Waals surface area contributed by atoms with Crippen LogP contribution in [0.2, 0.25) is 5.02 Å². The van der Waals surface area contributed by atoms with E-state index in [0.717, 1.165) is 17.1 Å². The van der Waals surface area contributed by atoms with Crippen LogP contribution in [0, 0.1) is 0 Å². The van der Waals surface area contributed by atoms with E-state index in [1.807, 2.05) is 12.2 Å². The van der Waals surface area contributed by atoms with Crippen molar-refractivity contribution in [3.63, 3.8) is 0 Å². The molecular formula is C16H22ClN3O6S. The minimum absolute atomic E-state index is 0.0382. The summed E-state index contributed by atoms with van der Waals surface area (Å²) in [7, 11) is -2.71. The highest BCUT2D eigenvalue weighted by molar-refractivity contribution is 7.89. The lowest BCUT2D eigenvalue weighted by Crippen LogP contribution is -2.42. The number of imide groups is 1. The van der Waals surface area contributed by atoms with Gasteiger partial charge in [0.1, 0.15) is 6.54 Å². The van der Waals surface area contributed by atoms with Crippen LogP contribution in [0.25, 0.3) is 0 Å². The number of likely N-dealkylation sites (N-methyl/N-ethyl adjacent to an activating group) is 1. The predicted molar refractivity (Wildman–Crippen MR) is 98.7 cm³/mol. The third kappa shape index (κ3) is 7.94. The first-order valence-electron chi connectivity index (χ1n) is 8.12. The first-order valence-corrected chi connectivity index (χ1v) is 9.93. The highest BCUT2D eigenvalue weighted by Crippen LogP contribution is 2.17. The van der Waals surface area contributed by atoms with E-state index < -0.39 is 41.1 Å². The Bertz CT molecular complexity index is 767. The normalized spacial score (nSPS) is 11.1. The molecule has 0 aromatic heterocycles. The molecule has 0 spiro atoms. The highest BCUT2D eigenvalue weighted by Gasteiger charge is 2.24. The van der Waals surface area contributed by atoms with E-state index >= 15 is 0 Å². The molecule has 0 aliphatic heterocycles. The SMILES string of the molecule is CCCCNC(=O)NC(=O)COC(=O)CN(C)S(=O)(=O)c1ccc(Cl)cc1. The molecule has 1 aromatic carbocycles. The maximum Gasteiger partial charge on any atom is 0.321 e. The molecule has 27 heavy (non-hydrogen) atoms. The number of amides is 3. The second kappa shape index (κ2) is 10.9.